The van der Waals surface area contributed by atoms with Gasteiger partial charge < -0.3 is 14.2 Å². The fraction of sp³-hybridized carbons (Fsp3) is 0.273. The van der Waals surface area contributed by atoms with Crippen LogP contribution in [0.25, 0.3) is 6.08 Å². The molecule has 1 amide bonds. The van der Waals surface area contributed by atoms with E-state index in [1.807, 2.05) is 61.5 Å². The van der Waals surface area contributed by atoms with Crippen LogP contribution in [0.1, 0.15) is 11.1 Å². The van der Waals surface area contributed by atoms with Crippen molar-refractivity contribution in [3.8, 4) is 11.5 Å². The molecule has 0 saturated carbocycles. The number of nitrogens with zero attached hydrogens (tertiary/aromatic N) is 1. The van der Waals surface area contributed by atoms with E-state index in [1.165, 1.54) is 16.7 Å². The number of likely N-dealkylation sites (N-methyl/N-ethyl adjacent to an activating group) is 1. The van der Waals surface area contributed by atoms with E-state index in [0.717, 1.165) is 22.6 Å². The van der Waals surface area contributed by atoms with Gasteiger partial charge in [0.1, 0.15) is 29.0 Å². The first kappa shape index (κ1) is 21.4. The Balaban J connectivity index is 1.39. The Kier molecular flexibility index (Phi) is 7.69. The highest BCUT2D eigenvalue weighted by Crippen LogP contribution is 2.31. The van der Waals surface area contributed by atoms with Gasteiger partial charge >= 0.3 is 0 Å². The third kappa shape index (κ3) is 6.06. The third-order valence-electron chi connectivity index (χ3n) is 4.22. The van der Waals surface area contributed by atoms with Gasteiger partial charge in [-0.15, -0.1) is 0 Å². The Bertz CT molecular complexity index is 913. The molecule has 0 aliphatic carbocycles. The maximum absolute atomic E-state index is 12.1. The zero-order valence-corrected chi connectivity index (χ0v) is 18.1. The van der Waals surface area contributed by atoms with Gasteiger partial charge in [-0.05, 0) is 42.3 Å². The number of benzene rings is 2. The lowest BCUT2D eigenvalue weighted by molar-refractivity contribution is -0.121. The molecule has 0 aromatic heterocycles. The van der Waals surface area contributed by atoms with E-state index in [0.29, 0.717) is 35.7 Å². The highest BCUT2D eigenvalue weighted by molar-refractivity contribution is 8.26. The molecular formula is C22H23NO4S2. The summed E-state index contributed by atoms with van der Waals surface area (Å²) in [6.07, 6.45) is 1.83. The predicted molar refractivity (Wildman–Crippen MR) is 120 cm³/mol. The second-order valence-corrected chi connectivity index (χ2v) is 8.06. The molecule has 1 aliphatic rings. The SMILES string of the molecule is Cc1ccccc1OCCOCCOc1cccc(C=C2SC(=S)N(C)C2=O)c1. The largest absolute Gasteiger partial charge is 0.491 e. The summed E-state index contributed by atoms with van der Waals surface area (Å²) < 4.78 is 17.6. The molecule has 1 saturated heterocycles. The van der Waals surface area contributed by atoms with Crippen molar-refractivity contribution in [2.45, 2.75) is 6.92 Å². The summed E-state index contributed by atoms with van der Waals surface area (Å²) in [5.74, 6) is 1.53. The van der Waals surface area contributed by atoms with Crippen LogP contribution >= 0.6 is 24.0 Å². The Hall–Kier alpha value is -2.35. The summed E-state index contributed by atoms with van der Waals surface area (Å²) in [5, 5.41) is 0. The van der Waals surface area contributed by atoms with E-state index in [-0.39, 0.29) is 5.91 Å². The zero-order chi connectivity index (χ0) is 20.6. The van der Waals surface area contributed by atoms with Crippen molar-refractivity contribution in [1.82, 2.24) is 4.90 Å². The number of aryl methyl sites for hydroxylation is 1. The highest BCUT2D eigenvalue weighted by Gasteiger charge is 2.28. The lowest BCUT2D eigenvalue weighted by Crippen LogP contribution is -2.22. The number of thioether (sulfide) groups is 1. The third-order valence-corrected chi connectivity index (χ3v) is 5.70. The Morgan fingerprint density at radius 2 is 1.79 bits per heavy atom. The van der Waals surface area contributed by atoms with E-state index in [9.17, 15) is 4.79 Å². The molecular weight excluding hydrogens is 406 g/mol. The fourth-order valence-corrected chi connectivity index (χ4v) is 3.82. The van der Waals surface area contributed by atoms with E-state index in [1.54, 1.807) is 7.05 Å². The number of carbonyl (C=O) groups excluding carboxylic acids is 1. The van der Waals surface area contributed by atoms with Crippen molar-refractivity contribution in [2.75, 3.05) is 33.5 Å². The van der Waals surface area contributed by atoms with Crippen LogP contribution in [-0.4, -0.2) is 48.6 Å². The van der Waals surface area contributed by atoms with E-state index < -0.39 is 0 Å². The molecule has 2 aromatic carbocycles. The molecule has 0 spiro atoms. The van der Waals surface area contributed by atoms with Gasteiger partial charge in [0.2, 0.25) is 0 Å². The molecule has 0 radical (unpaired) electrons. The topological polar surface area (TPSA) is 48.0 Å². The zero-order valence-electron chi connectivity index (χ0n) is 16.4. The van der Waals surface area contributed by atoms with Crippen molar-refractivity contribution >= 4 is 40.3 Å². The lowest BCUT2D eigenvalue weighted by Gasteiger charge is -2.10. The first-order valence-corrected chi connectivity index (χ1v) is 10.5. The van der Waals surface area contributed by atoms with Gasteiger partial charge in [-0.1, -0.05) is 54.3 Å². The second kappa shape index (κ2) is 10.4. The molecule has 29 heavy (non-hydrogen) atoms. The van der Waals surface area contributed by atoms with Gasteiger partial charge in [-0.3, -0.25) is 9.69 Å². The summed E-state index contributed by atoms with van der Waals surface area (Å²) >= 11 is 6.46. The number of hydrogen-bond donors (Lipinski definition) is 0. The molecule has 0 bridgehead atoms. The maximum Gasteiger partial charge on any atom is 0.265 e. The molecule has 5 nitrogen and oxygen atoms in total. The first-order valence-electron chi connectivity index (χ1n) is 9.25. The molecule has 3 rings (SSSR count). The fourth-order valence-electron chi connectivity index (χ4n) is 2.64. The summed E-state index contributed by atoms with van der Waals surface area (Å²) in [4.78, 5) is 14.2. The summed E-state index contributed by atoms with van der Waals surface area (Å²) in [6.45, 7) is 3.91. The number of ether oxygens (including phenoxy) is 3. The predicted octanol–water partition coefficient (Wildman–Crippen LogP) is 4.30. The number of para-hydroxylation sites is 1. The summed E-state index contributed by atoms with van der Waals surface area (Å²) in [6, 6.07) is 15.5. The van der Waals surface area contributed by atoms with E-state index >= 15 is 0 Å². The minimum absolute atomic E-state index is 0.0763. The Morgan fingerprint density at radius 1 is 1.03 bits per heavy atom. The molecule has 0 unspecified atom stereocenters. The molecule has 1 aliphatic heterocycles. The molecule has 2 aromatic rings. The van der Waals surface area contributed by atoms with Crippen LogP contribution in [0.4, 0.5) is 0 Å². The number of amides is 1. The van der Waals surface area contributed by atoms with Crippen LogP contribution < -0.4 is 9.47 Å². The molecule has 1 heterocycles. The lowest BCUT2D eigenvalue weighted by atomic mass is 10.2. The molecule has 1 fully saturated rings. The number of rotatable bonds is 9. The maximum atomic E-state index is 12.1. The van der Waals surface area contributed by atoms with Crippen LogP contribution in [-0.2, 0) is 9.53 Å². The van der Waals surface area contributed by atoms with Crippen LogP contribution in [0.15, 0.2) is 53.4 Å². The van der Waals surface area contributed by atoms with Gasteiger partial charge in [0.15, 0.2) is 0 Å². The summed E-state index contributed by atoms with van der Waals surface area (Å²) in [7, 11) is 1.68. The van der Waals surface area contributed by atoms with Gasteiger partial charge in [0, 0.05) is 7.05 Å². The number of thiocarbonyl (C=S) groups is 1. The van der Waals surface area contributed by atoms with Crippen LogP contribution in [0.3, 0.4) is 0 Å². The minimum Gasteiger partial charge on any atom is -0.491 e. The number of carbonyl (C=O) groups is 1. The molecule has 152 valence electrons. The Morgan fingerprint density at radius 3 is 2.52 bits per heavy atom. The van der Waals surface area contributed by atoms with E-state index in [4.69, 9.17) is 26.4 Å². The van der Waals surface area contributed by atoms with E-state index in [2.05, 4.69) is 0 Å². The van der Waals surface area contributed by atoms with Crippen molar-refractivity contribution in [1.29, 1.82) is 0 Å². The number of hydrogen-bond acceptors (Lipinski definition) is 6. The average molecular weight is 430 g/mol. The summed E-state index contributed by atoms with van der Waals surface area (Å²) in [5.41, 5.74) is 2.00. The van der Waals surface area contributed by atoms with Gasteiger partial charge in [0.25, 0.3) is 5.91 Å². The standard InChI is InChI=1S/C22H23NO4S2/c1-16-6-3-4-9-19(16)27-13-11-25-10-12-26-18-8-5-7-17(14-18)15-20-21(24)23(2)22(28)29-20/h3-9,14-15H,10-13H2,1-2H3. The van der Waals surface area contributed by atoms with Crippen LogP contribution in [0.5, 0.6) is 11.5 Å². The molecule has 7 heteroatoms. The first-order chi connectivity index (χ1) is 14.0. The minimum atomic E-state index is -0.0763. The Labute approximate surface area is 180 Å². The van der Waals surface area contributed by atoms with Crippen molar-refractivity contribution in [3.63, 3.8) is 0 Å². The molecule has 0 atom stereocenters. The van der Waals surface area contributed by atoms with Crippen LogP contribution in [0, 0.1) is 6.92 Å². The van der Waals surface area contributed by atoms with Gasteiger partial charge in [0.05, 0.1) is 18.1 Å². The molecule has 0 N–H and O–H groups in total. The monoisotopic (exact) mass is 429 g/mol. The van der Waals surface area contributed by atoms with Gasteiger partial charge in [-0.2, -0.15) is 0 Å². The quantitative estimate of drug-likeness (QED) is 0.337. The van der Waals surface area contributed by atoms with Crippen LogP contribution in [0.2, 0.25) is 0 Å². The normalized spacial score (nSPS) is 15.2. The van der Waals surface area contributed by atoms with Crippen molar-refractivity contribution < 1.29 is 19.0 Å². The smallest absolute Gasteiger partial charge is 0.265 e. The highest BCUT2D eigenvalue weighted by atomic mass is 32.2. The van der Waals surface area contributed by atoms with Gasteiger partial charge in [-0.25, -0.2) is 0 Å². The van der Waals surface area contributed by atoms with Crippen molar-refractivity contribution in [3.05, 3.63) is 64.6 Å². The average Bonchev–Trinajstić information content (AvgIpc) is 2.95. The second-order valence-electron chi connectivity index (χ2n) is 6.39. The van der Waals surface area contributed by atoms with Crippen molar-refractivity contribution in [2.24, 2.45) is 0 Å².